The summed E-state index contributed by atoms with van der Waals surface area (Å²) < 4.78 is 0. The average molecular weight is 227 g/mol. The summed E-state index contributed by atoms with van der Waals surface area (Å²) in [4.78, 5) is 6.78. The lowest BCUT2D eigenvalue weighted by Crippen LogP contribution is -2.40. The van der Waals surface area contributed by atoms with E-state index < -0.39 is 0 Å². The van der Waals surface area contributed by atoms with Gasteiger partial charge in [0, 0.05) is 24.7 Å². The maximum absolute atomic E-state index is 4.40. The quantitative estimate of drug-likeness (QED) is 0.510. The molecule has 0 bridgehead atoms. The number of nitrogens with one attached hydrogen (secondary N) is 1. The van der Waals surface area contributed by atoms with Crippen LogP contribution in [0, 0.1) is 0 Å². The van der Waals surface area contributed by atoms with E-state index in [1.807, 2.05) is 6.34 Å². The fourth-order valence-corrected chi connectivity index (χ4v) is 1.38. The molecule has 0 amide bonds. The first kappa shape index (κ1) is 15.4. The van der Waals surface area contributed by atoms with Crippen LogP contribution in [0.1, 0.15) is 47.5 Å². The van der Waals surface area contributed by atoms with Gasteiger partial charge in [-0.25, -0.2) is 0 Å². The summed E-state index contributed by atoms with van der Waals surface area (Å²) in [5.41, 5.74) is 0. The van der Waals surface area contributed by atoms with Crippen molar-refractivity contribution in [1.82, 2.24) is 10.2 Å². The second-order valence-electron chi connectivity index (χ2n) is 4.80. The van der Waals surface area contributed by atoms with Crippen molar-refractivity contribution in [1.29, 1.82) is 0 Å². The molecule has 3 nitrogen and oxygen atoms in total. The molecule has 0 fully saturated rings. The van der Waals surface area contributed by atoms with Crippen LogP contribution in [0.15, 0.2) is 4.99 Å². The Morgan fingerprint density at radius 1 is 1.19 bits per heavy atom. The maximum atomic E-state index is 4.40. The first-order chi connectivity index (χ1) is 7.51. The summed E-state index contributed by atoms with van der Waals surface area (Å²) in [6.45, 7) is 12.0. The van der Waals surface area contributed by atoms with Gasteiger partial charge in [0.15, 0.2) is 0 Å². The number of hydrogen-bond acceptors (Lipinski definition) is 2. The van der Waals surface area contributed by atoms with Crippen molar-refractivity contribution < 1.29 is 0 Å². The molecule has 16 heavy (non-hydrogen) atoms. The van der Waals surface area contributed by atoms with Crippen molar-refractivity contribution in [3.63, 3.8) is 0 Å². The number of nitrogens with zero attached hydrogens (tertiary/aromatic N) is 2. The molecule has 0 heterocycles. The molecule has 0 saturated carbocycles. The summed E-state index contributed by atoms with van der Waals surface area (Å²) in [6.07, 6.45) is 4.16. The molecule has 0 aromatic carbocycles. The summed E-state index contributed by atoms with van der Waals surface area (Å²) in [5, 5.41) is 3.32. The van der Waals surface area contributed by atoms with Crippen molar-refractivity contribution in [2.45, 2.75) is 65.6 Å². The van der Waals surface area contributed by atoms with E-state index in [1.165, 1.54) is 6.42 Å². The van der Waals surface area contributed by atoms with Gasteiger partial charge in [-0.15, -0.1) is 0 Å². The molecule has 3 heteroatoms. The predicted octanol–water partition coefficient (Wildman–Crippen LogP) is 2.52. The van der Waals surface area contributed by atoms with E-state index in [2.05, 4.69) is 56.9 Å². The van der Waals surface area contributed by atoms with E-state index in [0.29, 0.717) is 18.1 Å². The van der Waals surface area contributed by atoms with Crippen molar-refractivity contribution in [3.05, 3.63) is 0 Å². The van der Waals surface area contributed by atoms with Crippen molar-refractivity contribution in [2.24, 2.45) is 4.99 Å². The Bertz CT molecular complexity index is 192. The number of rotatable bonds is 8. The van der Waals surface area contributed by atoms with E-state index >= 15 is 0 Å². The first-order valence-corrected chi connectivity index (χ1v) is 6.49. The van der Waals surface area contributed by atoms with Gasteiger partial charge in [0.25, 0.3) is 0 Å². The monoisotopic (exact) mass is 227 g/mol. The molecule has 0 aliphatic rings. The van der Waals surface area contributed by atoms with Crippen LogP contribution in [0.2, 0.25) is 0 Å². The molecule has 0 aromatic rings. The Labute approximate surface area is 101 Å². The largest absolute Gasteiger partial charge is 0.373 e. The number of likely N-dealkylation sites (N-methyl/N-ethyl adjacent to an activating group) is 1. The number of aliphatic imine (C=N–C) groups is 1. The van der Waals surface area contributed by atoms with Gasteiger partial charge in [-0.1, -0.05) is 13.8 Å². The Kier molecular flexibility index (Phi) is 8.26. The van der Waals surface area contributed by atoms with Gasteiger partial charge in [-0.3, -0.25) is 4.99 Å². The fourth-order valence-electron chi connectivity index (χ4n) is 1.38. The second-order valence-corrected chi connectivity index (χ2v) is 4.80. The molecular formula is C13H29N3. The zero-order valence-corrected chi connectivity index (χ0v) is 11.8. The van der Waals surface area contributed by atoms with E-state index in [1.54, 1.807) is 0 Å². The lowest BCUT2D eigenvalue weighted by molar-refractivity contribution is 0.236. The number of hydrogen-bond donors (Lipinski definition) is 1. The van der Waals surface area contributed by atoms with Crippen LogP contribution in [0.25, 0.3) is 0 Å². The van der Waals surface area contributed by atoms with Crippen molar-refractivity contribution in [3.8, 4) is 0 Å². The molecule has 0 radical (unpaired) electrons. The van der Waals surface area contributed by atoms with E-state index in [-0.39, 0.29) is 0 Å². The Morgan fingerprint density at radius 2 is 1.81 bits per heavy atom. The zero-order valence-electron chi connectivity index (χ0n) is 11.8. The summed E-state index contributed by atoms with van der Waals surface area (Å²) >= 11 is 0. The van der Waals surface area contributed by atoms with E-state index in [9.17, 15) is 0 Å². The standard InChI is InChI=1S/C13H29N3/c1-7-11(3)14-10-15-12(4)9-16(6)13(5)8-2/h10-13H,7-9H2,1-6H3,(H,14,15). The van der Waals surface area contributed by atoms with E-state index in [0.717, 1.165) is 13.0 Å². The zero-order chi connectivity index (χ0) is 12.6. The van der Waals surface area contributed by atoms with Crippen LogP contribution in [-0.2, 0) is 0 Å². The molecule has 3 atom stereocenters. The van der Waals surface area contributed by atoms with Gasteiger partial charge in [0.05, 0.1) is 6.34 Å². The molecule has 0 saturated heterocycles. The lowest BCUT2D eigenvalue weighted by atomic mass is 10.2. The molecule has 0 aliphatic carbocycles. The SMILES string of the molecule is CCC(C)N=CNC(C)CN(C)C(C)CC. The molecule has 0 spiro atoms. The third-order valence-electron chi connectivity index (χ3n) is 3.18. The first-order valence-electron chi connectivity index (χ1n) is 6.49. The smallest absolute Gasteiger partial charge is 0.0829 e. The normalized spacial score (nSPS) is 17.7. The summed E-state index contributed by atoms with van der Waals surface area (Å²) in [7, 11) is 2.18. The Balaban J connectivity index is 3.81. The molecule has 3 unspecified atom stereocenters. The second kappa shape index (κ2) is 8.57. The predicted molar refractivity (Wildman–Crippen MR) is 73.2 cm³/mol. The van der Waals surface area contributed by atoms with Crippen molar-refractivity contribution >= 4 is 6.34 Å². The molecule has 0 aliphatic heterocycles. The summed E-state index contributed by atoms with van der Waals surface area (Å²) in [6, 6.07) is 1.52. The molecule has 1 N–H and O–H groups in total. The Morgan fingerprint density at radius 3 is 2.31 bits per heavy atom. The Hall–Kier alpha value is -0.570. The minimum Gasteiger partial charge on any atom is -0.373 e. The van der Waals surface area contributed by atoms with Crippen LogP contribution in [0.5, 0.6) is 0 Å². The highest BCUT2D eigenvalue weighted by molar-refractivity contribution is 5.54. The van der Waals surface area contributed by atoms with Gasteiger partial charge in [0.1, 0.15) is 0 Å². The van der Waals surface area contributed by atoms with Crippen LogP contribution in [-0.4, -0.2) is 43.0 Å². The topological polar surface area (TPSA) is 27.6 Å². The maximum Gasteiger partial charge on any atom is 0.0829 e. The van der Waals surface area contributed by atoms with Crippen LogP contribution >= 0.6 is 0 Å². The average Bonchev–Trinajstić information content (AvgIpc) is 2.27. The van der Waals surface area contributed by atoms with Crippen LogP contribution in [0.4, 0.5) is 0 Å². The van der Waals surface area contributed by atoms with Gasteiger partial charge < -0.3 is 10.2 Å². The fraction of sp³-hybridized carbons (Fsp3) is 0.923. The van der Waals surface area contributed by atoms with Gasteiger partial charge in [-0.05, 0) is 40.7 Å². The van der Waals surface area contributed by atoms with Gasteiger partial charge in [-0.2, -0.15) is 0 Å². The minimum absolute atomic E-state index is 0.423. The summed E-state index contributed by atoms with van der Waals surface area (Å²) in [5.74, 6) is 0. The van der Waals surface area contributed by atoms with Crippen LogP contribution < -0.4 is 5.32 Å². The highest BCUT2D eigenvalue weighted by Gasteiger charge is 2.09. The third-order valence-corrected chi connectivity index (χ3v) is 3.18. The van der Waals surface area contributed by atoms with E-state index in [4.69, 9.17) is 0 Å². The molecule has 96 valence electrons. The third kappa shape index (κ3) is 6.83. The van der Waals surface area contributed by atoms with Crippen molar-refractivity contribution in [2.75, 3.05) is 13.6 Å². The lowest BCUT2D eigenvalue weighted by Gasteiger charge is -2.26. The minimum atomic E-state index is 0.423. The molecular weight excluding hydrogens is 198 g/mol. The van der Waals surface area contributed by atoms with Gasteiger partial charge >= 0.3 is 0 Å². The highest BCUT2D eigenvalue weighted by atomic mass is 15.1. The molecule has 0 aromatic heterocycles. The highest BCUT2D eigenvalue weighted by Crippen LogP contribution is 2.00. The van der Waals surface area contributed by atoms with Gasteiger partial charge in [0.2, 0.25) is 0 Å². The molecule has 0 rings (SSSR count). The van der Waals surface area contributed by atoms with Crippen LogP contribution in [0.3, 0.4) is 0 Å².